The van der Waals surface area contributed by atoms with E-state index in [1.165, 1.54) is 10.6 Å². The number of nitrogens with one attached hydrogen (secondary N) is 1. The second kappa shape index (κ2) is 6.89. The van der Waals surface area contributed by atoms with E-state index in [9.17, 15) is 0 Å². The number of hydrogen-bond donors (Lipinski definition) is 1. The van der Waals surface area contributed by atoms with Gasteiger partial charge in [-0.15, -0.1) is 11.8 Å². The number of hydrogen-bond acceptors (Lipinski definition) is 4. The molecule has 4 heteroatoms. The van der Waals surface area contributed by atoms with Crippen molar-refractivity contribution >= 4 is 17.4 Å². The standard InChI is InChI=1S/C13H20N2OS/c1-17-13-4-2-3-12(11-13)14-5-6-15-7-9-16-10-8-15/h2-4,11,14H,5-10H2,1H3. The third-order valence-corrected chi connectivity index (χ3v) is 3.66. The topological polar surface area (TPSA) is 24.5 Å². The lowest BCUT2D eigenvalue weighted by molar-refractivity contribution is 0.0398. The molecule has 0 radical (unpaired) electrons. The lowest BCUT2D eigenvalue weighted by atomic mass is 10.3. The highest BCUT2D eigenvalue weighted by molar-refractivity contribution is 7.98. The minimum Gasteiger partial charge on any atom is -0.384 e. The average molecular weight is 252 g/mol. The van der Waals surface area contributed by atoms with Gasteiger partial charge in [-0.05, 0) is 24.5 Å². The molecule has 0 aliphatic carbocycles. The van der Waals surface area contributed by atoms with Crippen LogP contribution in [0.25, 0.3) is 0 Å². The summed E-state index contributed by atoms with van der Waals surface area (Å²) in [5.74, 6) is 0. The lowest BCUT2D eigenvalue weighted by Crippen LogP contribution is -2.38. The van der Waals surface area contributed by atoms with Crippen LogP contribution in [-0.4, -0.2) is 50.5 Å². The number of ether oxygens (including phenoxy) is 1. The minimum atomic E-state index is 0.877. The van der Waals surface area contributed by atoms with Crippen LogP contribution in [0.2, 0.25) is 0 Å². The highest BCUT2D eigenvalue weighted by atomic mass is 32.2. The molecule has 0 aromatic heterocycles. The van der Waals surface area contributed by atoms with Crippen molar-refractivity contribution in [2.45, 2.75) is 4.90 Å². The van der Waals surface area contributed by atoms with E-state index in [0.717, 1.165) is 39.4 Å². The van der Waals surface area contributed by atoms with Crippen molar-refractivity contribution in [1.29, 1.82) is 0 Å². The number of nitrogens with zero attached hydrogens (tertiary/aromatic N) is 1. The quantitative estimate of drug-likeness (QED) is 0.812. The Balaban J connectivity index is 1.73. The van der Waals surface area contributed by atoms with E-state index in [-0.39, 0.29) is 0 Å². The van der Waals surface area contributed by atoms with E-state index in [1.807, 2.05) is 0 Å². The van der Waals surface area contributed by atoms with Crippen LogP contribution >= 0.6 is 11.8 Å². The predicted octanol–water partition coefficient (Wildman–Crippen LogP) is 2.15. The van der Waals surface area contributed by atoms with Crippen molar-refractivity contribution in [2.24, 2.45) is 0 Å². The van der Waals surface area contributed by atoms with Crippen LogP contribution in [-0.2, 0) is 4.74 Å². The van der Waals surface area contributed by atoms with E-state index < -0.39 is 0 Å². The van der Waals surface area contributed by atoms with Gasteiger partial charge in [-0.25, -0.2) is 0 Å². The maximum absolute atomic E-state index is 5.33. The van der Waals surface area contributed by atoms with Crippen molar-refractivity contribution in [2.75, 3.05) is 51.0 Å². The summed E-state index contributed by atoms with van der Waals surface area (Å²) in [7, 11) is 0. The summed E-state index contributed by atoms with van der Waals surface area (Å²) < 4.78 is 5.33. The average Bonchev–Trinajstić information content (AvgIpc) is 2.40. The number of anilines is 1. The molecular weight excluding hydrogens is 232 g/mol. The van der Waals surface area contributed by atoms with E-state index in [1.54, 1.807) is 11.8 Å². The summed E-state index contributed by atoms with van der Waals surface area (Å²) in [5.41, 5.74) is 1.21. The molecule has 0 spiro atoms. The largest absolute Gasteiger partial charge is 0.384 e. The second-order valence-electron chi connectivity index (χ2n) is 4.11. The zero-order chi connectivity index (χ0) is 11.9. The Morgan fingerprint density at radius 1 is 1.35 bits per heavy atom. The zero-order valence-corrected chi connectivity index (χ0v) is 11.1. The Morgan fingerprint density at radius 3 is 2.94 bits per heavy atom. The van der Waals surface area contributed by atoms with E-state index in [0.29, 0.717) is 0 Å². The molecule has 0 bridgehead atoms. The first-order chi connectivity index (χ1) is 8.38. The van der Waals surface area contributed by atoms with Crippen LogP contribution in [0.15, 0.2) is 29.2 Å². The molecule has 1 aliphatic heterocycles. The first kappa shape index (κ1) is 12.7. The summed E-state index contributed by atoms with van der Waals surface area (Å²) in [5, 5.41) is 3.47. The fourth-order valence-electron chi connectivity index (χ4n) is 1.92. The van der Waals surface area contributed by atoms with Gasteiger partial charge in [0.15, 0.2) is 0 Å². The fraction of sp³-hybridized carbons (Fsp3) is 0.538. The SMILES string of the molecule is CSc1cccc(NCCN2CCOCC2)c1. The van der Waals surface area contributed by atoms with Gasteiger partial charge in [-0.2, -0.15) is 0 Å². The Hall–Kier alpha value is -0.710. The van der Waals surface area contributed by atoms with Crippen LogP contribution in [0.5, 0.6) is 0 Å². The van der Waals surface area contributed by atoms with E-state index in [2.05, 4.69) is 40.7 Å². The highest BCUT2D eigenvalue weighted by Crippen LogP contribution is 2.18. The summed E-state index contributed by atoms with van der Waals surface area (Å²) in [4.78, 5) is 3.75. The molecule has 0 unspecified atom stereocenters. The van der Waals surface area contributed by atoms with Gasteiger partial charge >= 0.3 is 0 Å². The number of benzene rings is 1. The van der Waals surface area contributed by atoms with Crippen molar-refractivity contribution in [3.05, 3.63) is 24.3 Å². The molecule has 3 nitrogen and oxygen atoms in total. The fourth-order valence-corrected chi connectivity index (χ4v) is 2.38. The number of rotatable bonds is 5. The van der Waals surface area contributed by atoms with Gasteiger partial charge in [0.25, 0.3) is 0 Å². The van der Waals surface area contributed by atoms with Gasteiger partial charge in [0, 0.05) is 36.8 Å². The second-order valence-corrected chi connectivity index (χ2v) is 4.99. The van der Waals surface area contributed by atoms with Crippen molar-refractivity contribution in [3.63, 3.8) is 0 Å². The predicted molar refractivity (Wildman–Crippen MR) is 74.0 cm³/mol. The molecule has 0 saturated carbocycles. The maximum Gasteiger partial charge on any atom is 0.0594 e. The molecule has 1 heterocycles. The van der Waals surface area contributed by atoms with Crippen LogP contribution < -0.4 is 5.32 Å². The van der Waals surface area contributed by atoms with Gasteiger partial charge < -0.3 is 10.1 Å². The van der Waals surface area contributed by atoms with Gasteiger partial charge in [-0.1, -0.05) is 6.07 Å². The highest BCUT2D eigenvalue weighted by Gasteiger charge is 2.08. The molecular formula is C13H20N2OS. The summed E-state index contributed by atoms with van der Waals surface area (Å²) in [6.07, 6.45) is 2.10. The minimum absolute atomic E-state index is 0.877. The molecule has 1 aliphatic rings. The maximum atomic E-state index is 5.33. The van der Waals surface area contributed by atoms with Crippen LogP contribution in [0.4, 0.5) is 5.69 Å². The van der Waals surface area contributed by atoms with Gasteiger partial charge in [0.2, 0.25) is 0 Å². The van der Waals surface area contributed by atoms with Crippen molar-refractivity contribution in [3.8, 4) is 0 Å². The van der Waals surface area contributed by atoms with E-state index in [4.69, 9.17) is 4.74 Å². The van der Waals surface area contributed by atoms with Crippen LogP contribution in [0.3, 0.4) is 0 Å². The van der Waals surface area contributed by atoms with Crippen LogP contribution in [0.1, 0.15) is 0 Å². The number of thioether (sulfide) groups is 1. The first-order valence-corrected chi connectivity index (χ1v) is 7.29. The Bertz CT molecular complexity index is 340. The monoisotopic (exact) mass is 252 g/mol. The molecule has 1 N–H and O–H groups in total. The summed E-state index contributed by atoms with van der Waals surface area (Å²) >= 11 is 1.78. The lowest BCUT2D eigenvalue weighted by Gasteiger charge is -2.26. The molecule has 0 atom stereocenters. The molecule has 2 rings (SSSR count). The molecule has 0 amide bonds. The van der Waals surface area contributed by atoms with Crippen molar-refractivity contribution in [1.82, 2.24) is 4.90 Å². The molecule has 17 heavy (non-hydrogen) atoms. The van der Waals surface area contributed by atoms with Gasteiger partial charge in [0.1, 0.15) is 0 Å². The summed E-state index contributed by atoms with van der Waals surface area (Å²) in [6.45, 7) is 5.97. The third kappa shape index (κ3) is 4.22. The Morgan fingerprint density at radius 2 is 2.18 bits per heavy atom. The molecule has 1 aromatic rings. The molecule has 94 valence electrons. The normalized spacial score (nSPS) is 17.0. The van der Waals surface area contributed by atoms with Gasteiger partial charge in [0.05, 0.1) is 13.2 Å². The molecule has 1 fully saturated rings. The Labute approximate surface area is 108 Å². The van der Waals surface area contributed by atoms with Crippen molar-refractivity contribution < 1.29 is 4.74 Å². The smallest absolute Gasteiger partial charge is 0.0594 e. The summed E-state index contributed by atoms with van der Waals surface area (Å²) in [6, 6.07) is 8.56. The zero-order valence-electron chi connectivity index (χ0n) is 10.3. The Kier molecular flexibility index (Phi) is 5.16. The van der Waals surface area contributed by atoms with Crippen LogP contribution in [0, 0.1) is 0 Å². The third-order valence-electron chi connectivity index (χ3n) is 2.93. The molecule has 1 saturated heterocycles. The van der Waals surface area contributed by atoms with E-state index >= 15 is 0 Å². The number of morpholine rings is 1. The van der Waals surface area contributed by atoms with Gasteiger partial charge in [-0.3, -0.25) is 4.90 Å². The first-order valence-electron chi connectivity index (χ1n) is 6.06. The molecule has 1 aromatic carbocycles.